The van der Waals surface area contributed by atoms with Gasteiger partial charge in [0, 0.05) is 12.3 Å². The zero-order chi connectivity index (χ0) is 24.0. The third-order valence-corrected chi connectivity index (χ3v) is 7.07. The molecule has 1 aliphatic carbocycles. The van der Waals surface area contributed by atoms with Gasteiger partial charge in [-0.25, -0.2) is 4.98 Å². The van der Waals surface area contributed by atoms with E-state index in [4.69, 9.17) is 9.15 Å². The Labute approximate surface area is 204 Å². The molecule has 4 rings (SSSR count). The van der Waals surface area contributed by atoms with Crippen molar-refractivity contribution >= 4 is 0 Å². The van der Waals surface area contributed by atoms with Crippen molar-refractivity contribution in [2.24, 2.45) is 5.92 Å². The van der Waals surface area contributed by atoms with E-state index in [1.807, 2.05) is 42.5 Å². The summed E-state index contributed by atoms with van der Waals surface area (Å²) in [4.78, 5) is 4.62. The predicted molar refractivity (Wildman–Crippen MR) is 134 cm³/mol. The van der Waals surface area contributed by atoms with Crippen LogP contribution in [0.2, 0.25) is 0 Å². The predicted octanol–water partition coefficient (Wildman–Crippen LogP) is 5.84. The van der Waals surface area contributed by atoms with Crippen LogP contribution in [0.4, 0.5) is 0 Å². The summed E-state index contributed by atoms with van der Waals surface area (Å²) in [5, 5.41) is 12.0. The SMILES string of the molecule is Cc1ccc(OCCC[N+](C)(C)Cc2cnc([C@](O)(c3ccccc3)C3CCCCC3)o2)cc1. The highest BCUT2D eigenvalue weighted by Gasteiger charge is 2.44. The molecule has 1 aromatic heterocycles. The molecular formula is C29H39N2O3+. The van der Waals surface area contributed by atoms with Crippen molar-refractivity contribution in [1.29, 1.82) is 0 Å². The monoisotopic (exact) mass is 463 g/mol. The van der Waals surface area contributed by atoms with Crippen molar-refractivity contribution in [3.05, 3.63) is 83.6 Å². The molecule has 1 fully saturated rings. The van der Waals surface area contributed by atoms with Crippen LogP contribution in [0.1, 0.15) is 61.3 Å². The molecule has 2 aromatic carbocycles. The Kier molecular flexibility index (Phi) is 7.74. The smallest absolute Gasteiger partial charge is 0.231 e. The van der Waals surface area contributed by atoms with E-state index in [1.165, 1.54) is 12.0 Å². The van der Waals surface area contributed by atoms with Gasteiger partial charge in [-0.15, -0.1) is 0 Å². The van der Waals surface area contributed by atoms with Crippen LogP contribution in [0, 0.1) is 12.8 Å². The fraction of sp³-hybridized carbons (Fsp3) is 0.483. The number of rotatable bonds is 10. The average molecular weight is 464 g/mol. The Hall–Kier alpha value is -2.63. The van der Waals surface area contributed by atoms with Crippen LogP contribution in [-0.4, -0.2) is 41.8 Å². The molecule has 1 heterocycles. The first kappa shape index (κ1) is 24.5. The molecule has 0 radical (unpaired) electrons. The molecule has 3 aromatic rings. The molecule has 5 nitrogen and oxygen atoms in total. The second-order valence-electron chi connectivity index (χ2n) is 10.4. The van der Waals surface area contributed by atoms with E-state index in [2.05, 4.69) is 38.1 Å². The lowest BCUT2D eigenvalue weighted by Gasteiger charge is -2.36. The van der Waals surface area contributed by atoms with Crippen molar-refractivity contribution in [2.45, 2.75) is 57.6 Å². The standard InChI is InChI=1S/C29H39N2O3/c1-23-15-17-26(18-16-23)33-20-10-19-31(2,3)22-27-21-30-28(34-27)29(32,24-11-6-4-7-12-24)25-13-8-5-9-14-25/h4,6-7,11-12,15-18,21,25,32H,5,8-10,13-14,19-20,22H2,1-3H3/q+1/t29-/m0/s1. The highest BCUT2D eigenvalue weighted by molar-refractivity contribution is 5.30. The summed E-state index contributed by atoms with van der Waals surface area (Å²) in [6.45, 7) is 4.43. The third kappa shape index (κ3) is 5.89. The molecule has 0 spiro atoms. The lowest BCUT2D eigenvalue weighted by Crippen LogP contribution is -2.40. The average Bonchev–Trinajstić information content (AvgIpc) is 3.32. The summed E-state index contributed by atoms with van der Waals surface area (Å²) in [5.41, 5.74) is 0.926. The maximum absolute atomic E-state index is 12.0. The molecule has 0 bridgehead atoms. The Morgan fingerprint density at radius 3 is 2.44 bits per heavy atom. The van der Waals surface area contributed by atoms with Gasteiger partial charge in [-0.1, -0.05) is 67.3 Å². The van der Waals surface area contributed by atoms with Gasteiger partial charge in [0.15, 0.2) is 11.4 Å². The van der Waals surface area contributed by atoms with Gasteiger partial charge in [-0.3, -0.25) is 0 Å². The summed E-state index contributed by atoms with van der Waals surface area (Å²) in [5.74, 6) is 2.28. The van der Waals surface area contributed by atoms with Gasteiger partial charge < -0.3 is 18.7 Å². The van der Waals surface area contributed by atoms with Crippen LogP contribution in [0.15, 0.2) is 65.2 Å². The van der Waals surface area contributed by atoms with E-state index in [0.717, 1.165) is 60.2 Å². The zero-order valence-electron chi connectivity index (χ0n) is 20.9. The van der Waals surface area contributed by atoms with Gasteiger partial charge in [-0.2, -0.15) is 0 Å². The Balaban J connectivity index is 1.40. The first-order valence-electron chi connectivity index (χ1n) is 12.6. The number of ether oxygens (including phenoxy) is 1. The zero-order valence-corrected chi connectivity index (χ0v) is 20.9. The van der Waals surface area contributed by atoms with Crippen LogP contribution in [0.5, 0.6) is 5.75 Å². The number of benzene rings is 2. The topological polar surface area (TPSA) is 55.5 Å². The minimum atomic E-state index is -1.18. The van der Waals surface area contributed by atoms with Gasteiger partial charge in [0.2, 0.25) is 5.89 Å². The van der Waals surface area contributed by atoms with E-state index in [-0.39, 0.29) is 5.92 Å². The van der Waals surface area contributed by atoms with Crippen molar-refractivity contribution in [3.8, 4) is 5.75 Å². The van der Waals surface area contributed by atoms with E-state index in [9.17, 15) is 5.11 Å². The van der Waals surface area contributed by atoms with Gasteiger partial charge in [0.05, 0.1) is 33.4 Å². The molecule has 182 valence electrons. The largest absolute Gasteiger partial charge is 0.493 e. The molecule has 1 saturated carbocycles. The highest BCUT2D eigenvalue weighted by atomic mass is 16.5. The summed E-state index contributed by atoms with van der Waals surface area (Å²) in [7, 11) is 4.39. The highest BCUT2D eigenvalue weighted by Crippen LogP contribution is 2.43. The van der Waals surface area contributed by atoms with Crippen molar-refractivity contribution in [3.63, 3.8) is 0 Å². The van der Waals surface area contributed by atoms with Crippen LogP contribution in [0.25, 0.3) is 0 Å². The number of aromatic nitrogens is 1. The number of aryl methyl sites for hydroxylation is 1. The van der Waals surface area contributed by atoms with Gasteiger partial charge >= 0.3 is 0 Å². The maximum Gasteiger partial charge on any atom is 0.231 e. The fourth-order valence-corrected chi connectivity index (χ4v) is 5.12. The second kappa shape index (κ2) is 10.7. The third-order valence-electron chi connectivity index (χ3n) is 7.07. The number of hydrogen-bond donors (Lipinski definition) is 1. The maximum atomic E-state index is 12.0. The number of aliphatic hydroxyl groups is 1. The lowest BCUT2D eigenvalue weighted by molar-refractivity contribution is -0.904. The number of oxazole rings is 1. The Morgan fingerprint density at radius 1 is 1.03 bits per heavy atom. The van der Waals surface area contributed by atoms with Crippen LogP contribution in [0.3, 0.4) is 0 Å². The van der Waals surface area contributed by atoms with Gasteiger partial charge in [0.1, 0.15) is 12.3 Å². The number of nitrogens with zero attached hydrogens (tertiary/aromatic N) is 2. The second-order valence-corrected chi connectivity index (χ2v) is 10.4. The molecule has 0 aliphatic heterocycles. The van der Waals surface area contributed by atoms with Gasteiger partial charge in [0.25, 0.3) is 0 Å². The normalized spacial score (nSPS) is 16.8. The molecule has 0 unspecified atom stereocenters. The minimum absolute atomic E-state index is 0.122. The Bertz CT molecular complexity index is 1020. The number of hydrogen-bond acceptors (Lipinski definition) is 4. The molecule has 34 heavy (non-hydrogen) atoms. The molecule has 1 aliphatic rings. The van der Waals surface area contributed by atoms with Crippen LogP contribution < -0.4 is 4.74 Å². The first-order valence-corrected chi connectivity index (χ1v) is 12.6. The molecule has 1 N–H and O–H groups in total. The summed E-state index contributed by atoms with van der Waals surface area (Å²) < 4.78 is 12.9. The van der Waals surface area contributed by atoms with E-state index in [0.29, 0.717) is 19.0 Å². The molecule has 5 heteroatoms. The number of quaternary nitrogens is 1. The van der Waals surface area contributed by atoms with E-state index < -0.39 is 5.60 Å². The molecule has 0 amide bonds. The van der Waals surface area contributed by atoms with Crippen LogP contribution in [-0.2, 0) is 12.1 Å². The summed E-state index contributed by atoms with van der Waals surface area (Å²) in [6.07, 6.45) is 8.24. The minimum Gasteiger partial charge on any atom is -0.493 e. The summed E-state index contributed by atoms with van der Waals surface area (Å²) in [6, 6.07) is 18.1. The van der Waals surface area contributed by atoms with Gasteiger partial charge in [-0.05, 0) is 37.5 Å². The molecular weight excluding hydrogens is 424 g/mol. The van der Waals surface area contributed by atoms with Crippen molar-refractivity contribution in [1.82, 2.24) is 4.98 Å². The van der Waals surface area contributed by atoms with Crippen molar-refractivity contribution < 1.29 is 18.7 Å². The first-order chi connectivity index (χ1) is 16.4. The van der Waals surface area contributed by atoms with E-state index >= 15 is 0 Å². The fourth-order valence-electron chi connectivity index (χ4n) is 5.12. The molecule has 1 atom stereocenters. The molecule has 0 saturated heterocycles. The quantitative estimate of drug-likeness (QED) is 0.303. The van der Waals surface area contributed by atoms with Crippen LogP contribution >= 0.6 is 0 Å². The summed E-state index contributed by atoms with van der Waals surface area (Å²) >= 11 is 0. The van der Waals surface area contributed by atoms with E-state index in [1.54, 1.807) is 6.20 Å². The lowest BCUT2D eigenvalue weighted by atomic mass is 9.73. The Morgan fingerprint density at radius 2 is 1.74 bits per heavy atom. The van der Waals surface area contributed by atoms with Crippen molar-refractivity contribution in [2.75, 3.05) is 27.2 Å².